The summed E-state index contributed by atoms with van der Waals surface area (Å²) >= 11 is 0. The first-order valence-corrected chi connectivity index (χ1v) is 4.63. The molecular formula is C9H21NO3. The van der Waals surface area contributed by atoms with Gasteiger partial charge in [-0.3, -0.25) is 9.68 Å². The molecule has 0 aromatic carbocycles. The summed E-state index contributed by atoms with van der Waals surface area (Å²) in [5.41, 5.74) is 0.190. The second-order valence-corrected chi connectivity index (χ2v) is 3.38. The van der Waals surface area contributed by atoms with Gasteiger partial charge in [-0.25, -0.2) is 4.84 Å². The molecule has 0 radical (unpaired) electrons. The second-order valence-electron chi connectivity index (χ2n) is 3.38. The molecule has 0 aromatic rings. The highest BCUT2D eigenvalue weighted by molar-refractivity contribution is 4.68. The van der Waals surface area contributed by atoms with Crippen LogP contribution in [0.2, 0.25) is 0 Å². The van der Waals surface area contributed by atoms with Gasteiger partial charge < -0.3 is 0 Å². The van der Waals surface area contributed by atoms with E-state index in [0.29, 0.717) is 6.61 Å². The highest BCUT2D eigenvalue weighted by atomic mass is 17.2. The van der Waals surface area contributed by atoms with Crippen LogP contribution in [-0.4, -0.2) is 26.2 Å². The lowest BCUT2D eigenvalue weighted by Crippen LogP contribution is -2.29. The predicted octanol–water partition coefficient (Wildman–Crippen LogP) is 2.17. The van der Waals surface area contributed by atoms with Crippen LogP contribution in [0.3, 0.4) is 0 Å². The maximum absolute atomic E-state index is 5.28. The van der Waals surface area contributed by atoms with Gasteiger partial charge in [0.2, 0.25) is 0 Å². The third-order valence-electron chi connectivity index (χ3n) is 2.52. The average Bonchev–Trinajstić information content (AvgIpc) is 2.19. The number of hydrogen-bond donors (Lipinski definition) is 0. The minimum Gasteiger partial charge on any atom is -0.254 e. The Kier molecular flexibility index (Phi) is 6.24. The molecule has 0 N–H and O–H groups in total. The van der Waals surface area contributed by atoms with Gasteiger partial charge in [-0.05, 0) is 18.3 Å². The standard InChI is InChI=1S/C9H21NO3/c1-6-9(3,7-2)8-13-10(11-4)12-5/h6-8H2,1-5H3. The normalized spacial score (nSPS) is 12.5. The van der Waals surface area contributed by atoms with E-state index in [9.17, 15) is 0 Å². The van der Waals surface area contributed by atoms with Gasteiger partial charge >= 0.3 is 0 Å². The first-order valence-electron chi connectivity index (χ1n) is 4.63. The van der Waals surface area contributed by atoms with Gasteiger partial charge in [-0.2, -0.15) is 0 Å². The van der Waals surface area contributed by atoms with Crippen LogP contribution in [0.15, 0.2) is 0 Å². The lowest BCUT2D eigenvalue weighted by Gasteiger charge is -2.27. The third kappa shape index (κ3) is 4.57. The van der Waals surface area contributed by atoms with Crippen molar-refractivity contribution in [1.29, 1.82) is 0 Å². The van der Waals surface area contributed by atoms with E-state index >= 15 is 0 Å². The summed E-state index contributed by atoms with van der Waals surface area (Å²) in [6.45, 7) is 7.08. The van der Waals surface area contributed by atoms with E-state index in [0.717, 1.165) is 18.2 Å². The van der Waals surface area contributed by atoms with E-state index in [2.05, 4.69) is 20.8 Å². The van der Waals surface area contributed by atoms with Gasteiger partial charge in [0.1, 0.15) is 0 Å². The zero-order chi connectivity index (χ0) is 10.3. The quantitative estimate of drug-likeness (QED) is 0.577. The summed E-state index contributed by atoms with van der Waals surface area (Å²) in [6.07, 6.45) is 2.15. The number of nitrogens with zero attached hydrogens (tertiary/aromatic N) is 1. The molecule has 0 fully saturated rings. The number of hydrogen-bond acceptors (Lipinski definition) is 4. The lowest BCUT2D eigenvalue weighted by molar-refractivity contribution is -0.514. The Morgan fingerprint density at radius 1 is 1.08 bits per heavy atom. The van der Waals surface area contributed by atoms with E-state index < -0.39 is 0 Å². The molecule has 0 amide bonds. The fourth-order valence-electron chi connectivity index (χ4n) is 0.843. The summed E-state index contributed by atoms with van der Waals surface area (Å²) < 4.78 is 0. The Morgan fingerprint density at radius 2 is 1.54 bits per heavy atom. The van der Waals surface area contributed by atoms with Crippen LogP contribution < -0.4 is 0 Å². The summed E-state index contributed by atoms with van der Waals surface area (Å²) in [5, 5.41) is 1.02. The number of rotatable bonds is 7. The molecule has 0 bridgehead atoms. The monoisotopic (exact) mass is 191 g/mol. The zero-order valence-corrected chi connectivity index (χ0v) is 9.29. The molecule has 0 heterocycles. The van der Waals surface area contributed by atoms with Crippen LogP contribution >= 0.6 is 0 Å². The van der Waals surface area contributed by atoms with Crippen molar-refractivity contribution in [2.24, 2.45) is 5.41 Å². The zero-order valence-electron chi connectivity index (χ0n) is 9.29. The molecule has 4 nitrogen and oxygen atoms in total. The molecule has 0 unspecified atom stereocenters. The van der Waals surface area contributed by atoms with Crippen molar-refractivity contribution >= 4 is 0 Å². The maximum Gasteiger partial charge on any atom is 0.0789 e. The third-order valence-corrected chi connectivity index (χ3v) is 2.52. The molecule has 0 atom stereocenters. The van der Waals surface area contributed by atoms with Crippen LogP contribution in [0, 0.1) is 5.41 Å². The van der Waals surface area contributed by atoms with Crippen LogP contribution in [0.4, 0.5) is 0 Å². The first-order chi connectivity index (χ1) is 6.11. The van der Waals surface area contributed by atoms with Gasteiger partial charge in [-0.15, -0.1) is 0 Å². The van der Waals surface area contributed by atoms with E-state index in [-0.39, 0.29) is 5.41 Å². The van der Waals surface area contributed by atoms with E-state index in [1.807, 2.05) is 0 Å². The topological polar surface area (TPSA) is 30.9 Å². The molecule has 0 rings (SSSR count). The molecule has 0 aromatic heterocycles. The molecule has 0 aliphatic rings. The summed E-state index contributed by atoms with van der Waals surface area (Å²) in [6, 6.07) is 0. The minimum absolute atomic E-state index is 0.190. The van der Waals surface area contributed by atoms with Crippen molar-refractivity contribution in [2.75, 3.05) is 20.8 Å². The molecule has 0 saturated carbocycles. The molecule has 80 valence electrons. The van der Waals surface area contributed by atoms with E-state index in [1.54, 1.807) is 0 Å². The van der Waals surface area contributed by atoms with Crippen LogP contribution in [0.25, 0.3) is 0 Å². The van der Waals surface area contributed by atoms with Crippen LogP contribution in [0.1, 0.15) is 33.6 Å². The summed E-state index contributed by atoms with van der Waals surface area (Å²) in [5.74, 6) is 0. The van der Waals surface area contributed by atoms with Crippen molar-refractivity contribution in [3.05, 3.63) is 0 Å². The smallest absolute Gasteiger partial charge is 0.0789 e. The van der Waals surface area contributed by atoms with Crippen LogP contribution in [0.5, 0.6) is 0 Å². The average molecular weight is 191 g/mol. The Labute approximate surface area is 80.6 Å². The van der Waals surface area contributed by atoms with Crippen molar-refractivity contribution < 1.29 is 14.5 Å². The van der Waals surface area contributed by atoms with Crippen molar-refractivity contribution in [3.63, 3.8) is 0 Å². The van der Waals surface area contributed by atoms with Gasteiger partial charge in [0, 0.05) is 0 Å². The molecule has 0 aliphatic heterocycles. The highest BCUT2D eigenvalue weighted by Gasteiger charge is 2.21. The fraction of sp³-hybridized carbons (Fsp3) is 1.00. The van der Waals surface area contributed by atoms with Crippen molar-refractivity contribution in [1.82, 2.24) is 5.39 Å². The Balaban J connectivity index is 3.83. The summed E-state index contributed by atoms with van der Waals surface area (Å²) in [7, 11) is 3.00. The predicted molar refractivity (Wildman–Crippen MR) is 50.5 cm³/mol. The first kappa shape index (κ1) is 12.8. The Bertz CT molecular complexity index is 122. The van der Waals surface area contributed by atoms with E-state index in [4.69, 9.17) is 14.5 Å². The molecule has 0 aliphatic carbocycles. The van der Waals surface area contributed by atoms with Crippen molar-refractivity contribution in [3.8, 4) is 0 Å². The highest BCUT2D eigenvalue weighted by Crippen LogP contribution is 2.25. The van der Waals surface area contributed by atoms with Gasteiger partial charge in [0.25, 0.3) is 0 Å². The summed E-state index contributed by atoms with van der Waals surface area (Å²) in [4.78, 5) is 14.8. The van der Waals surface area contributed by atoms with Gasteiger partial charge in [0.05, 0.1) is 26.2 Å². The maximum atomic E-state index is 5.28. The Hall–Kier alpha value is -0.160. The molecular weight excluding hydrogens is 170 g/mol. The second kappa shape index (κ2) is 6.32. The van der Waals surface area contributed by atoms with Crippen LogP contribution in [-0.2, 0) is 14.5 Å². The lowest BCUT2D eigenvalue weighted by atomic mass is 9.86. The van der Waals surface area contributed by atoms with Gasteiger partial charge in [0.15, 0.2) is 0 Å². The van der Waals surface area contributed by atoms with Crippen molar-refractivity contribution in [2.45, 2.75) is 33.6 Å². The minimum atomic E-state index is 0.190. The largest absolute Gasteiger partial charge is 0.254 e. The van der Waals surface area contributed by atoms with E-state index in [1.165, 1.54) is 14.2 Å². The Morgan fingerprint density at radius 3 is 1.85 bits per heavy atom. The van der Waals surface area contributed by atoms with Gasteiger partial charge in [-0.1, -0.05) is 20.8 Å². The molecule has 0 saturated heterocycles. The molecule has 0 spiro atoms. The molecule has 4 heteroatoms. The SMILES string of the molecule is CCC(C)(CC)CON(OC)OC. The fourth-order valence-corrected chi connectivity index (χ4v) is 0.843. The molecule has 13 heavy (non-hydrogen) atoms.